The summed E-state index contributed by atoms with van der Waals surface area (Å²) in [4.78, 5) is 45.2. The topological polar surface area (TPSA) is 111 Å². The van der Waals surface area contributed by atoms with Gasteiger partial charge in [-0.05, 0) is 13.8 Å². The van der Waals surface area contributed by atoms with Crippen LogP contribution in [0.3, 0.4) is 0 Å². The first-order valence-corrected chi connectivity index (χ1v) is 7.88. The Hall–Kier alpha value is -2.38. The van der Waals surface area contributed by atoms with Gasteiger partial charge in [-0.2, -0.15) is 0 Å². The molecule has 136 valence electrons. The lowest BCUT2D eigenvalue weighted by molar-refractivity contribution is -0.141. The number of esters is 2. The normalized spacial score (nSPS) is 13.0. The number of carbonyl (C=O) groups is 4. The van der Waals surface area contributed by atoms with Crippen LogP contribution in [0.2, 0.25) is 0 Å². The fourth-order valence-electron chi connectivity index (χ4n) is 1.48. The van der Waals surface area contributed by atoms with Crippen LogP contribution in [0.5, 0.6) is 0 Å². The maximum Gasteiger partial charge on any atom is 0.331 e. The van der Waals surface area contributed by atoms with Crippen LogP contribution in [-0.2, 0) is 28.7 Å². The minimum Gasteiger partial charge on any atom is -0.460 e. The minimum atomic E-state index is -0.711. The molecule has 2 amide bonds. The molecule has 0 aliphatic rings. The number of rotatable bonds is 10. The van der Waals surface area contributed by atoms with E-state index in [9.17, 15) is 19.2 Å². The van der Waals surface area contributed by atoms with Gasteiger partial charge in [0.15, 0.2) is 0 Å². The number of hydrogen-bond donors (Lipinski definition) is 2. The van der Waals surface area contributed by atoms with E-state index < -0.39 is 11.9 Å². The Morgan fingerprint density at radius 2 is 1.12 bits per heavy atom. The maximum absolute atomic E-state index is 11.4. The summed E-state index contributed by atoms with van der Waals surface area (Å²) in [5.74, 6) is -1.70. The Morgan fingerprint density at radius 3 is 1.42 bits per heavy atom. The molecule has 0 fully saturated rings. The molecule has 0 aromatic rings. The van der Waals surface area contributed by atoms with E-state index in [0.717, 1.165) is 12.2 Å². The summed E-state index contributed by atoms with van der Waals surface area (Å²) in [6, 6.07) is -0.630. The van der Waals surface area contributed by atoms with Gasteiger partial charge in [-0.15, -0.1) is 0 Å². The highest BCUT2D eigenvalue weighted by Crippen LogP contribution is 1.92. The van der Waals surface area contributed by atoms with Crippen molar-refractivity contribution in [2.75, 3.05) is 13.2 Å². The molecule has 0 rings (SSSR count). The zero-order valence-corrected chi connectivity index (χ0v) is 14.6. The molecule has 24 heavy (non-hydrogen) atoms. The molecule has 0 saturated carbocycles. The van der Waals surface area contributed by atoms with Gasteiger partial charge in [-0.25, -0.2) is 9.59 Å². The van der Waals surface area contributed by atoms with Crippen molar-refractivity contribution in [2.45, 2.75) is 52.6 Å². The monoisotopic (exact) mass is 342 g/mol. The summed E-state index contributed by atoms with van der Waals surface area (Å²) in [6.45, 7) is 6.84. The molecular weight excluding hydrogens is 316 g/mol. The van der Waals surface area contributed by atoms with E-state index in [4.69, 9.17) is 9.47 Å². The number of hydrogen-bond acceptors (Lipinski definition) is 6. The van der Waals surface area contributed by atoms with Crippen LogP contribution in [0.4, 0.5) is 0 Å². The first kappa shape index (κ1) is 21.6. The van der Waals surface area contributed by atoms with Crippen molar-refractivity contribution in [3.05, 3.63) is 12.2 Å². The number of ether oxygens (including phenoxy) is 2. The Labute approximate surface area is 141 Å². The van der Waals surface area contributed by atoms with E-state index in [1.807, 2.05) is 0 Å². The van der Waals surface area contributed by atoms with Crippen molar-refractivity contribution < 1.29 is 28.7 Å². The Balaban J connectivity index is 4.02. The van der Waals surface area contributed by atoms with Crippen LogP contribution in [0.15, 0.2) is 12.2 Å². The molecule has 0 aromatic heterocycles. The van der Waals surface area contributed by atoms with Crippen molar-refractivity contribution in [2.24, 2.45) is 0 Å². The van der Waals surface area contributed by atoms with Crippen LogP contribution in [-0.4, -0.2) is 49.1 Å². The van der Waals surface area contributed by atoms with E-state index in [2.05, 4.69) is 10.6 Å². The highest BCUT2D eigenvalue weighted by atomic mass is 16.5. The molecule has 0 heterocycles. The molecule has 0 unspecified atom stereocenters. The lowest BCUT2D eigenvalue weighted by atomic mass is 10.3. The van der Waals surface area contributed by atoms with E-state index >= 15 is 0 Å². The fraction of sp³-hybridized carbons (Fsp3) is 0.625. The molecule has 0 saturated heterocycles. The molecule has 2 N–H and O–H groups in total. The van der Waals surface area contributed by atoms with Gasteiger partial charge in [0, 0.05) is 25.0 Å². The summed E-state index contributed by atoms with van der Waals surface area (Å²) < 4.78 is 9.77. The molecule has 0 spiro atoms. The third-order valence-electron chi connectivity index (χ3n) is 2.76. The van der Waals surface area contributed by atoms with Gasteiger partial charge >= 0.3 is 11.9 Å². The van der Waals surface area contributed by atoms with E-state index in [1.165, 1.54) is 0 Å². The Bertz CT molecular complexity index is 433. The molecule has 2 atom stereocenters. The largest absolute Gasteiger partial charge is 0.460 e. The predicted molar refractivity (Wildman–Crippen MR) is 86.8 cm³/mol. The molecule has 0 radical (unpaired) electrons. The van der Waals surface area contributed by atoms with Crippen LogP contribution in [0, 0.1) is 0 Å². The van der Waals surface area contributed by atoms with E-state index in [-0.39, 0.29) is 37.1 Å². The summed E-state index contributed by atoms with van der Waals surface area (Å²) in [5, 5.41) is 5.27. The van der Waals surface area contributed by atoms with Gasteiger partial charge < -0.3 is 20.1 Å². The average Bonchev–Trinajstić information content (AvgIpc) is 2.55. The van der Waals surface area contributed by atoms with E-state index in [1.54, 1.807) is 27.7 Å². The zero-order valence-electron chi connectivity index (χ0n) is 14.6. The Kier molecular flexibility index (Phi) is 10.9. The summed E-state index contributed by atoms with van der Waals surface area (Å²) in [5.41, 5.74) is 0. The van der Waals surface area contributed by atoms with Crippen molar-refractivity contribution >= 4 is 23.8 Å². The van der Waals surface area contributed by atoms with Crippen molar-refractivity contribution in [1.82, 2.24) is 10.6 Å². The van der Waals surface area contributed by atoms with Gasteiger partial charge in [0.05, 0.1) is 12.1 Å². The summed E-state index contributed by atoms with van der Waals surface area (Å²) >= 11 is 0. The van der Waals surface area contributed by atoms with Crippen molar-refractivity contribution in [3.63, 3.8) is 0 Å². The van der Waals surface area contributed by atoms with Gasteiger partial charge in [0.1, 0.15) is 13.2 Å². The molecule has 0 bridgehead atoms. The second kappa shape index (κ2) is 12.1. The van der Waals surface area contributed by atoms with Gasteiger partial charge in [0.25, 0.3) is 0 Å². The summed E-state index contributed by atoms with van der Waals surface area (Å²) in [6.07, 6.45) is 2.60. The fourth-order valence-corrected chi connectivity index (χ4v) is 1.48. The average molecular weight is 342 g/mol. The van der Waals surface area contributed by atoms with Crippen molar-refractivity contribution in [3.8, 4) is 0 Å². The molecular formula is C16H26N2O6. The third kappa shape index (κ3) is 11.2. The SMILES string of the molecule is CCC(=O)N[C@@H](C)COC(=O)/C=C/C(=O)OC[C@H](C)NC(=O)CC. The quantitative estimate of drug-likeness (QED) is 0.441. The third-order valence-corrected chi connectivity index (χ3v) is 2.76. The zero-order chi connectivity index (χ0) is 18.5. The smallest absolute Gasteiger partial charge is 0.331 e. The number of carbonyl (C=O) groups excluding carboxylic acids is 4. The molecule has 0 aromatic carbocycles. The standard InChI is InChI=1S/C16H26N2O6/c1-5-13(19)17-11(3)9-23-15(21)7-8-16(22)24-10-12(4)18-14(20)6-2/h7-8,11-12H,5-6,9-10H2,1-4H3,(H,17,19)(H,18,20)/b8-7+/t11-,12-/m0/s1. The van der Waals surface area contributed by atoms with Gasteiger partial charge in [-0.1, -0.05) is 13.8 Å². The molecule has 8 nitrogen and oxygen atoms in total. The van der Waals surface area contributed by atoms with Crippen LogP contribution < -0.4 is 10.6 Å². The number of nitrogens with one attached hydrogen (secondary N) is 2. The van der Waals surface area contributed by atoms with Gasteiger partial charge in [0.2, 0.25) is 11.8 Å². The maximum atomic E-state index is 11.4. The van der Waals surface area contributed by atoms with Crippen LogP contribution in [0.1, 0.15) is 40.5 Å². The second-order valence-electron chi connectivity index (χ2n) is 5.24. The first-order valence-electron chi connectivity index (χ1n) is 7.88. The van der Waals surface area contributed by atoms with Crippen LogP contribution >= 0.6 is 0 Å². The van der Waals surface area contributed by atoms with Gasteiger partial charge in [-0.3, -0.25) is 9.59 Å². The van der Waals surface area contributed by atoms with E-state index in [0.29, 0.717) is 12.8 Å². The first-order chi connectivity index (χ1) is 11.3. The highest BCUT2D eigenvalue weighted by molar-refractivity contribution is 5.91. The molecule has 0 aliphatic heterocycles. The lowest BCUT2D eigenvalue weighted by Gasteiger charge is -2.13. The second-order valence-corrected chi connectivity index (χ2v) is 5.24. The van der Waals surface area contributed by atoms with Crippen molar-refractivity contribution in [1.29, 1.82) is 0 Å². The van der Waals surface area contributed by atoms with Crippen LogP contribution in [0.25, 0.3) is 0 Å². The lowest BCUT2D eigenvalue weighted by Crippen LogP contribution is -2.36. The summed E-state index contributed by atoms with van der Waals surface area (Å²) in [7, 11) is 0. The molecule has 0 aliphatic carbocycles. The predicted octanol–water partition coefficient (Wildman–Crippen LogP) is 0.458. The number of amides is 2. The minimum absolute atomic E-state index is 0.00401. The highest BCUT2D eigenvalue weighted by Gasteiger charge is 2.09. The molecule has 8 heteroatoms. The Morgan fingerprint density at radius 1 is 0.792 bits per heavy atom.